The van der Waals surface area contributed by atoms with Crippen molar-refractivity contribution in [2.75, 3.05) is 37.7 Å². The van der Waals surface area contributed by atoms with Crippen LogP contribution < -0.4 is 5.32 Å². The Labute approximate surface area is 212 Å². The predicted molar refractivity (Wildman–Crippen MR) is 145 cm³/mol. The molecule has 0 aromatic carbocycles. The van der Waals surface area contributed by atoms with Gasteiger partial charge in [0.05, 0.1) is 0 Å². The van der Waals surface area contributed by atoms with Crippen molar-refractivity contribution < 1.29 is 11.0 Å². The second-order valence-electron chi connectivity index (χ2n) is 11.5. The van der Waals surface area contributed by atoms with Crippen molar-refractivity contribution in [2.45, 2.75) is 83.1 Å². The number of rotatable bonds is 8. The maximum absolute atomic E-state index is 6.34. The number of halogens is 1. The van der Waals surface area contributed by atoms with Gasteiger partial charge in [-0.25, -0.2) is 0 Å². The van der Waals surface area contributed by atoms with E-state index in [2.05, 4.69) is 48.0 Å². The molecule has 0 aromatic heterocycles. The normalized spacial score (nSPS) is 34.6. The van der Waals surface area contributed by atoms with Crippen LogP contribution in [0.25, 0.3) is 0 Å². The standard InChI is InChI=1S/C27H47ClN2S.2H2O/c1-20(2)27(29-17-21-4-3-5-24(16-21)25-12-15-31-19-25)18-30-13-10-23(11-14-30)22-6-8-26(28)9-7-22;;/h3,5,20-27,29H,4,6-19H2,1-2H3;2*1H2/t21?,22?,24?,25?,26?,27-;;/m0../s1. The van der Waals surface area contributed by atoms with Crippen molar-refractivity contribution >= 4 is 23.4 Å². The first kappa shape index (κ1) is 29.5. The monoisotopic (exact) mass is 502 g/mol. The highest BCUT2D eigenvalue weighted by Gasteiger charge is 2.31. The van der Waals surface area contributed by atoms with Gasteiger partial charge in [0.25, 0.3) is 0 Å². The lowest BCUT2D eigenvalue weighted by Crippen LogP contribution is -2.48. The Morgan fingerprint density at radius 1 is 0.970 bits per heavy atom. The van der Waals surface area contributed by atoms with Gasteiger partial charge in [0.2, 0.25) is 0 Å². The van der Waals surface area contributed by atoms with Gasteiger partial charge in [-0.2, -0.15) is 11.8 Å². The third kappa shape index (κ3) is 8.68. The number of hydrogen-bond donors (Lipinski definition) is 1. The predicted octanol–water partition coefficient (Wildman–Crippen LogP) is 4.80. The molecule has 4 rings (SSSR count). The molecule has 4 nitrogen and oxygen atoms in total. The van der Waals surface area contributed by atoms with E-state index < -0.39 is 0 Å². The Bertz CT molecular complexity index is 556. The van der Waals surface area contributed by atoms with Crippen molar-refractivity contribution in [3.63, 3.8) is 0 Å². The van der Waals surface area contributed by atoms with Gasteiger partial charge < -0.3 is 21.2 Å². The Morgan fingerprint density at radius 3 is 2.30 bits per heavy atom. The quantitative estimate of drug-likeness (QED) is 0.382. The van der Waals surface area contributed by atoms with Crippen molar-refractivity contribution in [3.8, 4) is 0 Å². The van der Waals surface area contributed by atoms with E-state index in [1.54, 1.807) is 0 Å². The highest BCUT2D eigenvalue weighted by molar-refractivity contribution is 7.99. The van der Waals surface area contributed by atoms with Gasteiger partial charge in [-0.1, -0.05) is 26.0 Å². The number of thioether (sulfide) groups is 1. The fraction of sp³-hybridized carbons (Fsp3) is 0.926. The van der Waals surface area contributed by atoms with E-state index in [1.807, 2.05) is 0 Å². The fourth-order valence-electron chi connectivity index (χ4n) is 6.68. The molecule has 1 saturated carbocycles. The summed E-state index contributed by atoms with van der Waals surface area (Å²) in [5.74, 6) is 8.05. The van der Waals surface area contributed by atoms with Crippen molar-refractivity contribution in [3.05, 3.63) is 12.2 Å². The summed E-state index contributed by atoms with van der Waals surface area (Å²) in [6.45, 7) is 9.89. The molecular weight excluding hydrogens is 452 g/mol. The smallest absolute Gasteiger partial charge is 0.0336 e. The highest BCUT2D eigenvalue weighted by Crippen LogP contribution is 2.38. The van der Waals surface area contributed by atoms with Crippen molar-refractivity contribution in [1.82, 2.24) is 10.2 Å². The highest BCUT2D eigenvalue weighted by atomic mass is 35.5. The van der Waals surface area contributed by atoms with Crippen LogP contribution in [0.1, 0.15) is 71.6 Å². The van der Waals surface area contributed by atoms with Gasteiger partial charge in [-0.05, 0) is 124 Å². The molecule has 2 aliphatic heterocycles. The van der Waals surface area contributed by atoms with Gasteiger partial charge in [-0.15, -0.1) is 11.6 Å². The molecule has 4 atom stereocenters. The first-order valence-corrected chi connectivity index (χ1v) is 15.0. The Hall–Kier alpha value is 0.220. The van der Waals surface area contributed by atoms with Crippen molar-refractivity contribution in [1.29, 1.82) is 0 Å². The minimum absolute atomic E-state index is 0. The summed E-state index contributed by atoms with van der Waals surface area (Å²) >= 11 is 8.50. The summed E-state index contributed by atoms with van der Waals surface area (Å²) in [7, 11) is 0. The van der Waals surface area contributed by atoms with E-state index in [9.17, 15) is 0 Å². The zero-order chi connectivity index (χ0) is 21.6. The van der Waals surface area contributed by atoms with Crippen LogP contribution in [0, 0.1) is 35.5 Å². The Morgan fingerprint density at radius 2 is 1.67 bits per heavy atom. The summed E-state index contributed by atoms with van der Waals surface area (Å²) in [5, 5.41) is 4.49. The van der Waals surface area contributed by atoms with Crippen LogP contribution >= 0.6 is 23.4 Å². The average molecular weight is 503 g/mol. The lowest BCUT2D eigenvalue weighted by atomic mass is 9.75. The zero-order valence-electron chi connectivity index (χ0n) is 21.1. The number of likely N-dealkylation sites (tertiary alicyclic amines) is 1. The van der Waals surface area contributed by atoms with E-state index in [0.29, 0.717) is 17.3 Å². The summed E-state index contributed by atoms with van der Waals surface area (Å²) in [6, 6.07) is 0.634. The second kappa shape index (κ2) is 14.7. The summed E-state index contributed by atoms with van der Waals surface area (Å²) < 4.78 is 0. The summed E-state index contributed by atoms with van der Waals surface area (Å²) in [5.41, 5.74) is 0. The van der Waals surface area contributed by atoms with Crippen LogP contribution in [-0.2, 0) is 0 Å². The van der Waals surface area contributed by atoms with E-state index in [4.69, 9.17) is 11.6 Å². The molecule has 33 heavy (non-hydrogen) atoms. The van der Waals surface area contributed by atoms with E-state index >= 15 is 0 Å². The first-order chi connectivity index (χ1) is 15.1. The molecule has 0 radical (unpaired) electrons. The van der Waals surface area contributed by atoms with Gasteiger partial charge in [-0.3, -0.25) is 0 Å². The van der Waals surface area contributed by atoms with Gasteiger partial charge in [0.1, 0.15) is 0 Å². The maximum Gasteiger partial charge on any atom is 0.0336 e. The number of alkyl halides is 1. The average Bonchev–Trinajstić information content (AvgIpc) is 3.33. The topological polar surface area (TPSA) is 78.3 Å². The van der Waals surface area contributed by atoms with Crippen LogP contribution in [0.15, 0.2) is 12.2 Å². The van der Waals surface area contributed by atoms with Gasteiger partial charge >= 0.3 is 0 Å². The summed E-state index contributed by atoms with van der Waals surface area (Å²) in [6.07, 6.45) is 17.3. The fourth-order valence-corrected chi connectivity index (χ4v) is 8.28. The largest absolute Gasteiger partial charge is 0.412 e. The van der Waals surface area contributed by atoms with E-state index in [-0.39, 0.29) is 11.0 Å². The molecule has 0 amide bonds. The van der Waals surface area contributed by atoms with Gasteiger partial charge in [0, 0.05) is 18.0 Å². The molecule has 2 aliphatic carbocycles. The number of nitrogens with one attached hydrogen (secondary N) is 1. The Balaban J connectivity index is 0.00000193. The molecule has 4 aliphatic rings. The lowest BCUT2D eigenvalue weighted by molar-refractivity contribution is 0.112. The molecule has 0 bridgehead atoms. The molecule has 2 heterocycles. The molecule has 0 aromatic rings. The van der Waals surface area contributed by atoms with Crippen LogP contribution in [0.5, 0.6) is 0 Å². The molecule has 0 spiro atoms. The minimum Gasteiger partial charge on any atom is -0.412 e. The maximum atomic E-state index is 6.34. The van der Waals surface area contributed by atoms with Gasteiger partial charge in [0.15, 0.2) is 0 Å². The molecule has 5 N–H and O–H groups in total. The molecule has 194 valence electrons. The van der Waals surface area contributed by atoms with E-state index in [1.165, 1.54) is 95.5 Å². The number of nitrogens with zero attached hydrogens (tertiary/aromatic N) is 1. The molecule has 3 fully saturated rings. The van der Waals surface area contributed by atoms with Crippen LogP contribution in [0.4, 0.5) is 0 Å². The molecule has 3 unspecified atom stereocenters. The zero-order valence-corrected chi connectivity index (χ0v) is 22.7. The molecular formula is C27H51ClN2O2S. The van der Waals surface area contributed by atoms with Crippen LogP contribution in [0.3, 0.4) is 0 Å². The second-order valence-corrected chi connectivity index (χ2v) is 13.2. The van der Waals surface area contributed by atoms with Crippen LogP contribution in [-0.4, -0.2) is 65.0 Å². The third-order valence-electron chi connectivity index (χ3n) is 8.96. The van der Waals surface area contributed by atoms with Crippen molar-refractivity contribution in [2.24, 2.45) is 35.5 Å². The Kier molecular flexibility index (Phi) is 13.1. The number of allylic oxidation sites excluding steroid dienone is 2. The molecule has 2 saturated heterocycles. The third-order valence-corrected chi connectivity index (χ3v) is 10.6. The lowest BCUT2D eigenvalue weighted by Gasteiger charge is -2.40. The van der Waals surface area contributed by atoms with Crippen LogP contribution in [0.2, 0.25) is 0 Å². The van der Waals surface area contributed by atoms with E-state index in [0.717, 1.165) is 29.6 Å². The minimum atomic E-state index is 0. The molecule has 6 heteroatoms. The number of piperidine rings is 1. The number of hydrogen-bond acceptors (Lipinski definition) is 3. The summed E-state index contributed by atoms with van der Waals surface area (Å²) in [4.78, 5) is 2.76. The first-order valence-electron chi connectivity index (χ1n) is 13.4. The SMILES string of the molecule is CC(C)[C@H](CN1CCC(C2CCC(Cl)CC2)CC1)NCC1CC=CC(C2CCSC2)C1.O.O.